The van der Waals surface area contributed by atoms with E-state index in [0.717, 1.165) is 5.69 Å². The Morgan fingerprint density at radius 1 is 1.05 bits per heavy atom. The fourth-order valence-corrected chi connectivity index (χ4v) is 3.11. The highest BCUT2D eigenvalue weighted by atomic mass is 32.2. The van der Waals surface area contributed by atoms with Crippen LogP contribution >= 0.6 is 11.8 Å². The molecule has 1 atom stereocenters. The van der Waals surface area contributed by atoms with Gasteiger partial charge in [-0.2, -0.15) is 0 Å². The van der Waals surface area contributed by atoms with Gasteiger partial charge in [0.2, 0.25) is 5.91 Å². The van der Waals surface area contributed by atoms with Gasteiger partial charge in [0.1, 0.15) is 5.54 Å². The Bertz CT molecular complexity index is 601. The molecule has 22 heavy (non-hydrogen) atoms. The summed E-state index contributed by atoms with van der Waals surface area (Å²) in [6.45, 7) is 1.97. The van der Waals surface area contributed by atoms with Crippen LogP contribution in [0.5, 0.6) is 0 Å². The van der Waals surface area contributed by atoms with Crippen LogP contribution in [0, 0.1) is 0 Å². The van der Waals surface area contributed by atoms with Crippen molar-refractivity contribution in [3.05, 3.63) is 60.7 Å². The van der Waals surface area contributed by atoms with Crippen molar-refractivity contribution in [2.75, 3.05) is 25.2 Å². The summed E-state index contributed by atoms with van der Waals surface area (Å²) in [7, 11) is 3.88. The SMILES string of the molecule is CN(C)C(C)(CSc1ccccc1)C(=O)Nc1ccccc1. The zero-order valence-electron chi connectivity index (χ0n) is 13.2. The molecule has 0 heterocycles. The number of rotatable bonds is 6. The van der Waals surface area contributed by atoms with Crippen LogP contribution in [-0.2, 0) is 4.79 Å². The Hall–Kier alpha value is -1.78. The third-order valence-corrected chi connectivity index (χ3v) is 5.08. The van der Waals surface area contributed by atoms with Gasteiger partial charge in [0.25, 0.3) is 0 Å². The lowest BCUT2D eigenvalue weighted by Gasteiger charge is -2.34. The first-order valence-electron chi connectivity index (χ1n) is 7.24. The van der Waals surface area contributed by atoms with E-state index in [1.54, 1.807) is 11.8 Å². The minimum Gasteiger partial charge on any atom is -0.324 e. The first kappa shape index (κ1) is 16.6. The number of carbonyl (C=O) groups is 1. The zero-order valence-corrected chi connectivity index (χ0v) is 14.1. The van der Waals surface area contributed by atoms with E-state index < -0.39 is 5.54 Å². The maximum Gasteiger partial charge on any atom is 0.245 e. The van der Waals surface area contributed by atoms with E-state index in [9.17, 15) is 4.79 Å². The number of anilines is 1. The fourth-order valence-electron chi connectivity index (χ4n) is 1.93. The molecule has 2 aromatic carbocycles. The second-order valence-corrected chi connectivity index (χ2v) is 6.64. The number of hydrogen-bond donors (Lipinski definition) is 1. The number of para-hydroxylation sites is 1. The van der Waals surface area contributed by atoms with Crippen molar-refractivity contribution in [2.45, 2.75) is 17.4 Å². The summed E-state index contributed by atoms with van der Waals surface area (Å²) in [5.74, 6) is 0.690. The Kier molecular flexibility index (Phi) is 5.63. The molecule has 0 saturated carbocycles. The molecule has 0 saturated heterocycles. The molecule has 3 nitrogen and oxygen atoms in total. The van der Waals surface area contributed by atoms with Gasteiger partial charge in [-0.3, -0.25) is 9.69 Å². The summed E-state index contributed by atoms with van der Waals surface area (Å²) < 4.78 is 0. The first-order valence-corrected chi connectivity index (χ1v) is 8.23. The van der Waals surface area contributed by atoms with Crippen LogP contribution in [0.1, 0.15) is 6.92 Å². The number of amides is 1. The second-order valence-electron chi connectivity index (χ2n) is 5.59. The molecular weight excluding hydrogens is 292 g/mol. The molecule has 0 fully saturated rings. The predicted octanol–water partition coefficient (Wildman–Crippen LogP) is 3.74. The van der Waals surface area contributed by atoms with E-state index in [2.05, 4.69) is 17.4 Å². The van der Waals surface area contributed by atoms with Gasteiger partial charge in [0.05, 0.1) is 0 Å². The van der Waals surface area contributed by atoms with Gasteiger partial charge < -0.3 is 5.32 Å². The van der Waals surface area contributed by atoms with Crippen LogP contribution in [0.3, 0.4) is 0 Å². The summed E-state index contributed by atoms with van der Waals surface area (Å²) >= 11 is 1.69. The third kappa shape index (κ3) is 4.12. The molecule has 0 spiro atoms. The van der Waals surface area contributed by atoms with Crippen molar-refractivity contribution in [1.82, 2.24) is 4.90 Å². The summed E-state index contributed by atoms with van der Waals surface area (Å²) in [6.07, 6.45) is 0. The van der Waals surface area contributed by atoms with Gasteiger partial charge >= 0.3 is 0 Å². The van der Waals surface area contributed by atoms with Gasteiger partial charge in [-0.25, -0.2) is 0 Å². The van der Waals surface area contributed by atoms with Gasteiger partial charge in [-0.05, 0) is 45.3 Å². The van der Waals surface area contributed by atoms with Crippen molar-refractivity contribution < 1.29 is 4.79 Å². The lowest BCUT2D eigenvalue weighted by atomic mass is 10.0. The van der Waals surface area contributed by atoms with Crippen LogP contribution in [-0.4, -0.2) is 36.2 Å². The molecular formula is C18H22N2OS. The predicted molar refractivity (Wildman–Crippen MR) is 94.3 cm³/mol. The molecule has 1 unspecified atom stereocenters. The number of thioether (sulfide) groups is 1. The fraction of sp³-hybridized carbons (Fsp3) is 0.278. The average molecular weight is 314 g/mol. The monoisotopic (exact) mass is 314 g/mol. The van der Waals surface area contributed by atoms with E-state index in [4.69, 9.17) is 0 Å². The molecule has 0 aromatic heterocycles. The lowest BCUT2D eigenvalue weighted by molar-refractivity contribution is -0.124. The van der Waals surface area contributed by atoms with E-state index in [1.165, 1.54) is 4.90 Å². The number of carbonyl (C=O) groups excluding carboxylic acids is 1. The Labute approximate surface area is 136 Å². The summed E-state index contributed by atoms with van der Waals surface area (Å²) in [6, 6.07) is 19.7. The number of likely N-dealkylation sites (N-methyl/N-ethyl adjacent to an activating group) is 1. The standard InChI is InChI=1S/C18H22N2OS/c1-18(20(2)3,14-22-16-12-8-5-9-13-16)17(21)19-15-10-6-4-7-11-15/h4-13H,14H2,1-3H3,(H,19,21). The highest BCUT2D eigenvalue weighted by Gasteiger charge is 2.35. The van der Waals surface area contributed by atoms with Crippen molar-refractivity contribution >= 4 is 23.4 Å². The lowest BCUT2D eigenvalue weighted by Crippen LogP contribution is -2.53. The minimum absolute atomic E-state index is 0.00660. The molecule has 0 radical (unpaired) electrons. The normalized spacial score (nSPS) is 13.6. The molecule has 2 rings (SSSR count). The molecule has 0 aliphatic heterocycles. The maximum atomic E-state index is 12.7. The highest BCUT2D eigenvalue weighted by Crippen LogP contribution is 2.26. The highest BCUT2D eigenvalue weighted by molar-refractivity contribution is 7.99. The number of nitrogens with one attached hydrogen (secondary N) is 1. The Morgan fingerprint density at radius 2 is 1.59 bits per heavy atom. The number of hydrogen-bond acceptors (Lipinski definition) is 3. The molecule has 4 heteroatoms. The molecule has 0 aliphatic rings. The zero-order chi connectivity index (χ0) is 16.0. The molecule has 116 valence electrons. The average Bonchev–Trinajstić information content (AvgIpc) is 2.54. The van der Waals surface area contributed by atoms with E-state index in [-0.39, 0.29) is 5.91 Å². The van der Waals surface area contributed by atoms with Gasteiger partial charge in [0, 0.05) is 16.3 Å². The third-order valence-electron chi connectivity index (χ3n) is 3.77. The molecule has 0 aliphatic carbocycles. The largest absolute Gasteiger partial charge is 0.324 e. The van der Waals surface area contributed by atoms with Crippen LogP contribution in [0.15, 0.2) is 65.6 Å². The van der Waals surface area contributed by atoms with Gasteiger partial charge in [0.15, 0.2) is 0 Å². The summed E-state index contributed by atoms with van der Waals surface area (Å²) in [4.78, 5) is 15.9. The van der Waals surface area contributed by atoms with Crippen LogP contribution in [0.4, 0.5) is 5.69 Å². The van der Waals surface area contributed by atoms with E-state index >= 15 is 0 Å². The van der Waals surface area contributed by atoms with Crippen molar-refractivity contribution in [3.63, 3.8) is 0 Å². The molecule has 1 N–H and O–H groups in total. The van der Waals surface area contributed by atoms with E-state index in [1.807, 2.05) is 74.4 Å². The summed E-state index contributed by atoms with van der Waals surface area (Å²) in [5.41, 5.74) is 0.237. The summed E-state index contributed by atoms with van der Waals surface area (Å²) in [5, 5.41) is 3.01. The van der Waals surface area contributed by atoms with Gasteiger partial charge in [-0.15, -0.1) is 11.8 Å². The van der Waals surface area contributed by atoms with Crippen LogP contribution in [0.25, 0.3) is 0 Å². The topological polar surface area (TPSA) is 32.3 Å². The Morgan fingerprint density at radius 3 is 2.14 bits per heavy atom. The first-order chi connectivity index (χ1) is 10.5. The van der Waals surface area contributed by atoms with Crippen molar-refractivity contribution in [2.24, 2.45) is 0 Å². The molecule has 1 amide bonds. The van der Waals surface area contributed by atoms with E-state index in [0.29, 0.717) is 5.75 Å². The quantitative estimate of drug-likeness (QED) is 0.825. The number of nitrogens with zero attached hydrogens (tertiary/aromatic N) is 1. The molecule has 0 bridgehead atoms. The van der Waals surface area contributed by atoms with Crippen molar-refractivity contribution in [1.29, 1.82) is 0 Å². The second kappa shape index (κ2) is 7.47. The molecule has 2 aromatic rings. The van der Waals surface area contributed by atoms with Crippen molar-refractivity contribution in [3.8, 4) is 0 Å². The smallest absolute Gasteiger partial charge is 0.245 e. The van der Waals surface area contributed by atoms with Crippen LogP contribution in [0.2, 0.25) is 0 Å². The van der Waals surface area contributed by atoms with Gasteiger partial charge in [-0.1, -0.05) is 36.4 Å². The minimum atomic E-state index is -0.587. The van der Waals surface area contributed by atoms with Crippen LogP contribution < -0.4 is 5.32 Å². The number of benzene rings is 2. The Balaban J connectivity index is 2.08. The maximum absolute atomic E-state index is 12.7.